The van der Waals surface area contributed by atoms with Gasteiger partial charge < -0.3 is 9.64 Å². The maximum Gasteiger partial charge on any atom is 0.257 e. The first-order valence-corrected chi connectivity index (χ1v) is 6.20. The third kappa shape index (κ3) is 1.84. The number of ether oxygens (including phenoxy) is 1. The average molecular weight is 234 g/mol. The number of rotatable bonds is 1. The second-order valence-corrected chi connectivity index (χ2v) is 4.93. The number of hydrogen-bond acceptors (Lipinski definition) is 5. The van der Waals surface area contributed by atoms with Crippen LogP contribution in [0.1, 0.15) is 13.8 Å². The molecule has 3 heterocycles. The Hall–Kier alpha value is -1.36. The van der Waals surface area contributed by atoms with Crippen LogP contribution >= 0.6 is 0 Å². The van der Waals surface area contributed by atoms with Crippen molar-refractivity contribution in [3.8, 4) is 5.88 Å². The van der Waals surface area contributed by atoms with E-state index < -0.39 is 0 Å². The number of fused-ring (bicyclic) bond motifs is 3. The van der Waals surface area contributed by atoms with Crippen LogP contribution in [0.25, 0.3) is 0 Å². The number of aromatic nitrogens is 2. The van der Waals surface area contributed by atoms with Crippen molar-refractivity contribution in [2.24, 2.45) is 0 Å². The molecule has 17 heavy (non-hydrogen) atoms. The zero-order chi connectivity index (χ0) is 11.8. The van der Waals surface area contributed by atoms with Gasteiger partial charge in [0.15, 0.2) is 5.82 Å². The van der Waals surface area contributed by atoms with Gasteiger partial charge in [0.05, 0.1) is 6.04 Å². The van der Waals surface area contributed by atoms with Crippen molar-refractivity contribution >= 4 is 5.82 Å². The van der Waals surface area contributed by atoms with Gasteiger partial charge >= 0.3 is 0 Å². The Bertz CT molecular complexity index is 409. The van der Waals surface area contributed by atoms with Crippen LogP contribution in [-0.2, 0) is 0 Å². The van der Waals surface area contributed by atoms with Gasteiger partial charge in [-0.05, 0) is 13.8 Å². The molecular weight excluding hydrogens is 216 g/mol. The monoisotopic (exact) mass is 234 g/mol. The normalized spacial score (nSPS) is 24.2. The standard InChI is InChI=1S/C12H18N4O/c1-9(2)15-5-6-16-10(7-15)8-17-12-11(16)13-3-4-14-12/h3-4,9-10H,5-8H2,1-2H3. The van der Waals surface area contributed by atoms with Crippen LogP contribution in [0.2, 0.25) is 0 Å². The second-order valence-electron chi connectivity index (χ2n) is 4.93. The summed E-state index contributed by atoms with van der Waals surface area (Å²) in [5.41, 5.74) is 0. The van der Waals surface area contributed by atoms with Crippen molar-refractivity contribution in [3.63, 3.8) is 0 Å². The third-order valence-corrected chi connectivity index (χ3v) is 3.58. The van der Waals surface area contributed by atoms with Crippen molar-refractivity contribution in [2.45, 2.75) is 25.9 Å². The molecule has 2 aliphatic heterocycles. The minimum Gasteiger partial charge on any atom is -0.473 e. The topological polar surface area (TPSA) is 41.5 Å². The molecule has 0 spiro atoms. The molecule has 1 unspecified atom stereocenters. The Morgan fingerprint density at radius 2 is 2.12 bits per heavy atom. The fraction of sp³-hybridized carbons (Fsp3) is 0.667. The molecule has 3 rings (SSSR count). The van der Waals surface area contributed by atoms with E-state index >= 15 is 0 Å². The van der Waals surface area contributed by atoms with Gasteiger partial charge in [-0.25, -0.2) is 9.97 Å². The first-order chi connectivity index (χ1) is 8.25. The summed E-state index contributed by atoms with van der Waals surface area (Å²) < 4.78 is 5.68. The smallest absolute Gasteiger partial charge is 0.257 e. The summed E-state index contributed by atoms with van der Waals surface area (Å²) in [5.74, 6) is 1.59. The predicted molar refractivity (Wildman–Crippen MR) is 65.4 cm³/mol. The molecule has 0 aliphatic carbocycles. The molecule has 0 radical (unpaired) electrons. The van der Waals surface area contributed by atoms with Gasteiger partial charge in [-0.1, -0.05) is 0 Å². The van der Waals surface area contributed by atoms with E-state index in [-0.39, 0.29) is 0 Å². The van der Waals surface area contributed by atoms with Crippen LogP contribution in [0.4, 0.5) is 5.82 Å². The molecule has 1 atom stereocenters. The van der Waals surface area contributed by atoms with Gasteiger partial charge in [0, 0.05) is 38.1 Å². The van der Waals surface area contributed by atoms with Crippen molar-refractivity contribution in [2.75, 3.05) is 31.1 Å². The fourth-order valence-corrected chi connectivity index (χ4v) is 2.56. The molecule has 5 nitrogen and oxygen atoms in total. The first kappa shape index (κ1) is 10.8. The molecule has 1 aromatic heterocycles. The van der Waals surface area contributed by atoms with Gasteiger partial charge in [-0.2, -0.15) is 0 Å². The molecule has 0 saturated carbocycles. The SMILES string of the molecule is CC(C)N1CCN2c3nccnc3OCC2C1. The largest absolute Gasteiger partial charge is 0.473 e. The average Bonchev–Trinajstić information content (AvgIpc) is 2.38. The minimum atomic E-state index is 0.412. The Morgan fingerprint density at radius 1 is 1.29 bits per heavy atom. The lowest BCUT2D eigenvalue weighted by Crippen LogP contribution is -2.58. The Morgan fingerprint density at radius 3 is 2.94 bits per heavy atom. The zero-order valence-electron chi connectivity index (χ0n) is 10.3. The number of anilines is 1. The van der Waals surface area contributed by atoms with Gasteiger partial charge in [0.2, 0.25) is 0 Å². The van der Waals surface area contributed by atoms with E-state index in [1.165, 1.54) is 0 Å². The molecule has 1 saturated heterocycles. The molecular formula is C12H18N4O. The third-order valence-electron chi connectivity index (χ3n) is 3.58. The van der Waals surface area contributed by atoms with Gasteiger partial charge in [0.1, 0.15) is 6.61 Å². The Balaban J connectivity index is 1.83. The quantitative estimate of drug-likeness (QED) is 0.718. The Labute approximate surface area is 101 Å². The van der Waals surface area contributed by atoms with Gasteiger partial charge in [0.25, 0.3) is 5.88 Å². The fourth-order valence-electron chi connectivity index (χ4n) is 2.56. The molecule has 0 amide bonds. The van der Waals surface area contributed by atoms with E-state index in [9.17, 15) is 0 Å². The van der Waals surface area contributed by atoms with Crippen molar-refractivity contribution in [1.29, 1.82) is 0 Å². The number of piperazine rings is 1. The van der Waals surface area contributed by atoms with Crippen LogP contribution < -0.4 is 9.64 Å². The minimum absolute atomic E-state index is 0.412. The van der Waals surface area contributed by atoms with Crippen molar-refractivity contribution in [3.05, 3.63) is 12.4 Å². The number of hydrogen-bond donors (Lipinski definition) is 0. The summed E-state index contributed by atoms with van der Waals surface area (Å²) >= 11 is 0. The lowest BCUT2D eigenvalue weighted by atomic mass is 10.1. The highest BCUT2D eigenvalue weighted by molar-refractivity contribution is 5.51. The molecule has 92 valence electrons. The summed E-state index contributed by atoms with van der Waals surface area (Å²) in [4.78, 5) is 13.4. The lowest BCUT2D eigenvalue weighted by molar-refractivity contribution is 0.138. The molecule has 0 aromatic carbocycles. The van der Waals surface area contributed by atoms with Crippen LogP contribution in [-0.4, -0.2) is 53.2 Å². The molecule has 0 N–H and O–H groups in total. The molecule has 2 aliphatic rings. The van der Waals surface area contributed by atoms with E-state index in [2.05, 4.69) is 33.6 Å². The van der Waals surface area contributed by atoms with Gasteiger partial charge in [-0.15, -0.1) is 0 Å². The zero-order valence-corrected chi connectivity index (χ0v) is 10.3. The first-order valence-electron chi connectivity index (χ1n) is 6.20. The highest BCUT2D eigenvalue weighted by atomic mass is 16.5. The van der Waals surface area contributed by atoms with Crippen LogP contribution in [0, 0.1) is 0 Å². The van der Waals surface area contributed by atoms with E-state index in [1.54, 1.807) is 12.4 Å². The predicted octanol–water partition coefficient (Wildman–Crippen LogP) is 0.768. The molecule has 1 aromatic rings. The number of nitrogens with zero attached hydrogens (tertiary/aromatic N) is 4. The highest BCUT2D eigenvalue weighted by Crippen LogP contribution is 2.31. The van der Waals surface area contributed by atoms with E-state index in [4.69, 9.17) is 4.74 Å². The summed E-state index contributed by atoms with van der Waals surface area (Å²) in [7, 11) is 0. The van der Waals surface area contributed by atoms with E-state index in [0.717, 1.165) is 32.1 Å². The summed E-state index contributed by atoms with van der Waals surface area (Å²) in [6, 6.07) is 1.01. The summed E-state index contributed by atoms with van der Waals surface area (Å²) in [6.07, 6.45) is 3.42. The summed E-state index contributed by atoms with van der Waals surface area (Å²) in [5, 5.41) is 0. The summed E-state index contributed by atoms with van der Waals surface area (Å²) in [6.45, 7) is 8.35. The highest BCUT2D eigenvalue weighted by Gasteiger charge is 2.34. The van der Waals surface area contributed by atoms with Crippen molar-refractivity contribution < 1.29 is 4.74 Å². The Kier molecular flexibility index (Phi) is 2.63. The van der Waals surface area contributed by atoms with Crippen LogP contribution in [0.3, 0.4) is 0 Å². The van der Waals surface area contributed by atoms with Crippen molar-refractivity contribution in [1.82, 2.24) is 14.9 Å². The molecule has 1 fully saturated rings. The second kappa shape index (κ2) is 4.14. The lowest BCUT2D eigenvalue weighted by Gasteiger charge is -2.45. The molecule has 5 heteroatoms. The van der Waals surface area contributed by atoms with Gasteiger partial charge in [-0.3, -0.25) is 4.90 Å². The maximum atomic E-state index is 5.68. The molecule has 0 bridgehead atoms. The van der Waals surface area contributed by atoms with E-state index in [0.29, 0.717) is 18.0 Å². The van der Waals surface area contributed by atoms with Crippen LogP contribution in [0.15, 0.2) is 12.4 Å². The van der Waals surface area contributed by atoms with E-state index in [1.807, 2.05) is 0 Å². The van der Waals surface area contributed by atoms with Crippen LogP contribution in [0.5, 0.6) is 5.88 Å². The maximum absolute atomic E-state index is 5.68.